The van der Waals surface area contributed by atoms with E-state index in [1.54, 1.807) is 43.3 Å². The van der Waals surface area contributed by atoms with Crippen LogP contribution in [0.2, 0.25) is 0 Å². The molecule has 37 heavy (non-hydrogen) atoms. The fraction of sp³-hybridized carbons (Fsp3) is 0.214. The molecule has 9 heteroatoms. The van der Waals surface area contributed by atoms with Crippen molar-refractivity contribution in [2.45, 2.75) is 19.4 Å². The molecule has 1 amide bonds. The van der Waals surface area contributed by atoms with Gasteiger partial charge in [-0.1, -0.05) is 6.07 Å². The number of ether oxygens (including phenoxy) is 3. The summed E-state index contributed by atoms with van der Waals surface area (Å²) in [7, 11) is 1.47. The van der Waals surface area contributed by atoms with Gasteiger partial charge in [0.1, 0.15) is 11.5 Å². The number of carbonyl (C=O) groups is 2. The number of halogens is 2. The standard InChI is InChI=1S/C28H23F2NO6/c1-3-36-23-13-16(4-9-22(23)35-2)25-24(26(32)17-5-8-21-15(12-17)10-11-37-21)27(33)28(34)31(25)18-6-7-19(29)20(30)14-18/h4-9,12-14,25,32H,3,10-11H2,1-2H3/b26-24+. The van der Waals surface area contributed by atoms with Gasteiger partial charge >= 0.3 is 0 Å². The van der Waals surface area contributed by atoms with Gasteiger partial charge in [0.05, 0.1) is 31.9 Å². The van der Waals surface area contributed by atoms with Crippen molar-refractivity contribution in [2.75, 3.05) is 25.2 Å². The van der Waals surface area contributed by atoms with Crippen molar-refractivity contribution < 1.29 is 37.7 Å². The number of hydrogen-bond donors (Lipinski definition) is 1. The molecule has 1 unspecified atom stereocenters. The monoisotopic (exact) mass is 507 g/mol. The third kappa shape index (κ3) is 4.16. The third-order valence-corrected chi connectivity index (χ3v) is 6.39. The zero-order valence-electron chi connectivity index (χ0n) is 20.1. The van der Waals surface area contributed by atoms with Gasteiger partial charge in [-0.25, -0.2) is 8.78 Å². The normalized spacial score (nSPS) is 18.1. The predicted molar refractivity (Wildman–Crippen MR) is 131 cm³/mol. The summed E-state index contributed by atoms with van der Waals surface area (Å²) >= 11 is 0. The molecule has 2 aliphatic heterocycles. The van der Waals surface area contributed by atoms with Crippen LogP contribution in [0.3, 0.4) is 0 Å². The fourth-order valence-corrected chi connectivity index (χ4v) is 4.67. The first-order chi connectivity index (χ1) is 17.8. The minimum absolute atomic E-state index is 0.0406. The van der Waals surface area contributed by atoms with E-state index in [0.29, 0.717) is 48.0 Å². The van der Waals surface area contributed by atoms with Crippen LogP contribution < -0.4 is 19.1 Å². The third-order valence-electron chi connectivity index (χ3n) is 6.39. The number of fused-ring (bicyclic) bond motifs is 1. The molecule has 190 valence electrons. The van der Waals surface area contributed by atoms with Crippen LogP contribution in [-0.2, 0) is 16.0 Å². The maximum atomic E-state index is 14.2. The second-order valence-electron chi connectivity index (χ2n) is 8.53. The molecule has 0 aromatic heterocycles. The van der Waals surface area contributed by atoms with Crippen LogP contribution in [0.25, 0.3) is 5.76 Å². The predicted octanol–water partition coefficient (Wildman–Crippen LogP) is 4.93. The van der Waals surface area contributed by atoms with Gasteiger partial charge in [-0.15, -0.1) is 0 Å². The van der Waals surface area contributed by atoms with Crippen LogP contribution in [0.15, 0.2) is 60.2 Å². The highest BCUT2D eigenvalue weighted by molar-refractivity contribution is 6.51. The topological polar surface area (TPSA) is 85.3 Å². The zero-order chi connectivity index (χ0) is 26.3. The van der Waals surface area contributed by atoms with E-state index >= 15 is 0 Å². The van der Waals surface area contributed by atoms with Crippen molar-refractivity contribution in [1.29, 1.82) is 0 Å². The Labute approximate surface area is 211 Å². The van der Waals surface area contributed by atoms with Gasteiger partial charge in [0, 0.05) is 23.7 Å². The Morgan fingerprint density at radius 1 is 1.05 bits per heavy atom. The Hall–Kier alpha value is -4.40. The van der Waals surface area contributed by atoms with Crippen molar-refractivity contribution >= 4 is 23.1 Å². The molecule has 1 N–H and O–H groups in total. The molecule has 5 rings (SSSR count). The average molecular weight is 507 g/mol. The summed E-state index contributed by atoms with van der Waals surface area (Å²) in [5.41, 5.74) is 1.36. The summed E-state index contributed by atoms with van der Waals surface area (Å²) in [4.78, 5) is 27.7. The summed E-state index contributed by atoms with van der Waals surface area (Å²) in [6, 6.07) is 11.6. The van der Waals surface area contributed by atoms with E-state index in [2.05, 4.69) is 0 Å². The second kappa shape index (κ2) is 9.57. The highest BCUT2D eigenvalue weighted by atomic mass is 19.2. The Bertz CT molecular complexity index is 1450. The Kier molecular flexibility index (Phi) is 6.29. The van der Waals surface area contributed by atoms with Crippen molar-refractivity contribution in [3.63, 3.8) is 0 Å². The number of methoxy groups -OCH3 is 1. The first kappa shape index (κ1) is 24.3. The molecular weight excluding hydrogens is 484 g/mol. The zero-order valence-corrected chi connectivity index (χ0v) is 20.1. The van der Waals surface area contributed by atoms with E-state index < -0.39 is 35.1 Å². The van der Waals surface area contributed by atoms with Crippen LogP contribution in [0.1, 0.15) is 29.7 Å². The van der Waals surface area contributed by atoms with Gasteiger partial charge in [-0.3, -0.25) is 14.5 Å². The minimum atomic E-state index is -1.18. The number of nitrogens with zero attached hydrogens (tertiary/aromatic N) is 1. The summed E-state index contributed by atoms with van der Waals surface area (Å²) < 4.78 is 44.4. The number of hydrogen-bond acceptors (Lipinski definition) is 6. The second-order valence-corrected chi connectivity index (χ2v) is 8.53. The smallest absolute Gasteiger partial charge is 0.300 e. The summed E-state index contributed by atoms with van der Waals surface area (Å²) in [5.74, 6) is -3.15. The first-order valence-corrected chi connectivity index (χ1v) is 11.7. The van der Waals surface area contributed by atoms with E-state index in [9.17, 15) is 23.5 Å². The number of anilines is 1. The number of aliphatic hydroxyl groups excluding tert-OH is 1. The van der Waals surface area contributed by atoms with Crippen LogP contribution in [0, 0.1) is 11.6 Å². The van der Waals surface area contributed by atoms with Crippen molar-refractivity contribution in [3.8, 4) is 17.2 Å². The number of ketones is 1. The number of amides is 1. The van der Waals surface area contributed by atoms with E-state index in [1.165, 1.54) is 13.2 Å². The minimum Gasteiger partial charge on any atom is -0.507 e. The van der Waals surface area contributed by atoms with E-state index in [4.69, 9.17) is 14.2 Å². The van der Waals surface area contributed by atoms with Crippen molar-refractivity contribution in [1.82, 2.24) is 0 Å². The Morgan fingerprint density at radius 3 is 2.59 bits per heavy atom. The molecule has 2 heterocycles. The molecule has 0 spiro atoms. The van der Waals surface area contributed by atoms with Gasteiger partial charge in [0.2, 0.25) is 0 Å². The number of carbonyl (C=O) groups excluding carboxylic acids is 2. The van der Waals surface area contributed by atoms with Crippen LogP contribution in [0.5, 0.6) is 17.2 Å². The van der Waals surface area contributed by atoms with Crippen LogP contribution in [-0.4, -0.2) is 37.1 Å². The molecule has 1 fully saturated rings. The molecule has 3 aromatic rings. The lowest BCUT2D eigenvalue weighted by atomic mass is 9.94. The summed E-state index contributed by atoms with van der Waals surface area (Å²) in [6.45, 7) is 2.61. The molecule has 3 aromatic carbocycles. The average Bonchev–Trinajstić information content (AvgIpc) is 3.47. The van der Waals surface area contributed by atoms with Gasteiger partial charge in [-0.05, 0) is 60.5 Å². The lowest BCUT2D eigenvalue weighted by molar-refractivity contribution is -0.132. The van der Waals surface area contributed by atoms with Crippen molar-refractivity contribution in [3.05, 3.63) is 88.5 Å². The fourth-order valence-electron chi connectivity index (χ4n) is 4.67. The highest BCUT2D eigenvalue weighted by Crippen LogP contribution is 2.44. The van der Waals surface area contributed by atoms with Crippen LogP contribution >= 0.6 is 0 Å². The molecule has 1 atom stereocenters. The lowest BCUT2D eigenvalue weighted by Gasteiger charge is -2.26. The maximum absolute atomic E-state index is 14.2. The van der Waals surface area contributed by atoms with Crippen molar-refractivity contribution in [2.24, 2.45) is 0 Å². The number of aliphatic hydroxyl groups is 1. The van der Waals surface area contributed by atoms with Gasteiger partial charge < -0.3 is 19.3 Å². The number of benzene rings is 3. The van der Waals surface area contributed by atoms with Gasteiger partial charge in [0.25, 0.3) is 11.7 Å². The molecule has 0 aliphatic carbocycles. The SMILES string of the molecule is CCOc1cc(C2/C(=C(\O)c3ccc4c(c3)CCO4)C(=O)C(=O)N2c2ccc(F)c(F)c2)ccc1OC. The van der Waals surface area contributed by atoms with E-state index in [0.717, 1.165) is 22.6 Å². The summed E-state index contributed by atoms with van der Waals surface area (Å²) in [6.07, 6.45) is 0.638. The molecule has 2 aliphatic rings. The molecular formula is C28H23F2NO6. The molecule has 0 radical (unpaired) electrons. The molecule has 1 saturated heterocycles. The largest absolute Gasteiger partial charge is 0.507 e. The first-order valence-electron chi connectivity index (χ1n) is 11.7. The molecule has 0 saturated carbocycles. The van der Waals surface area contributed by atoms with E-state index in [-0.39, 0.29) is 11.3 Å². The summed E-state index contributed by atoms with van der Waals surface area (Å²) in [5, 5.41) is 11.4. The van der Waals surface area contributed by atoms with E-state index in [1.807, 2.05) is 0 Å². The number of rotatable bonds is 6. The van der Waals surface area contributed by atoms with Crippen LogP contribution in [0.4, 0.5) is 14.5 Å². The molecule has 0 bridgehead atoms. The van der Waals surface area contributed by atoms with Gasteiger partial charge in [-0.2, -0.15) is 0 Å². The Morgan fingerprint density at radius 2 is 1.86 bits per heavy atom. The number of Topliss-reactive ketones (excluding diaryl/α,β-unsaturated/α-hetero) is 1. The molecule has 7 nitrogen and oxygen atoms in total. The maximum Gasteiger partial charge on any atom is 0.300 e. The lowest BCUT2D eigenvalue weighted by Crippen LogP contribution is -2.29. The Balaban J connectivity index is 1.72. The highest BCUT2D eigenvalue weighted by Gasteiger charge is 2.47. The quantitative estimate of drug-likeness (QED) is 0.289. The van der Waals surface area contributed by atoms with Gasteiger partial charge in [0.15, 0.2) is 23.1 Å².